The standard InChI is InChI=1S/C30H51N3O/c1-18-11-22-16-28-25(23-15-27(22)29(12-18)32(4)17-23)8-7-24(31-28)14-21-10-19(2)13-30-26(21)6-5-9-33(30)20(3)34/h18-19,21-31H,5-17H2,1-4H3/t18-,19+,21-,22+,23-,24+,25-,26+,27-,28-,29+,30-/m1/s1. The first-order valence-electron chi connectivity index (χ1n) is 15.1. The second-order valence-electron chi connectivity index (χ2n) is 14.1. The number of nitrogens with zero attached hydrogens (tertiary/aromatic N) is 2. The molecule has 1 amide bonds. The van der Waals surface area contributed by atoms with Crippen molar-refractivity contribution in [2.45, 2.75) is 116 Å². The predicted molar refractivity (Wildman–Crippen MR) is 138 cm³/mol. The van der Waals surface area contributed by atoms with Crippen LogP contribution in [0.3, 0.4) is 0 Å². The lowest BCUT2D eigenvalue weighted by atomic mass is 9.65. The molecule has 0 aromatic heterocycles. The zero-order valence-corrected chi connectivity index (χ0v) is 22.4. The molecule has 12 atom stereocenters. The Morgan fingerprint density at radius 2 is 1.65 bits per heavy atom. The molecule has 0 aromatic carbocycles. The summed E-state index contributed by atoms with van der Waals surface area (Å²) >= 11 is 0. The van der Waals surface area contributed by atoms with Crippen LogP contribution in [-0.4, -0.2) is 60.0 Å². The van der Waals surface area contributed by atoms with Crippen molar-refractivity contribution in [2.24, 2.45) is 47.3 Å². The Labute approximate surface area is 209 Å². The van der Waals surface area contributed by atoms with E-state index in [-0.39, 0.29) is 0 Å². The van der Waals surface area contributed by atoms with Gasteiger partial charge in [-0.05, 0) is 125 Å². The molecule has 1 N–H and O–H groups in total. The van der Waals surface area contributed by atoms with Gasteiger partial charge in [0, 0.05) is 44.2 Å². The molecule has 3 saturated heterocycles. The maximum Gasteiger partial charge on any atom is 0.219 e. The molecule has 4 heteroatoms. The Bertz CT molecular complexity index is 755. The van der Waals surface area contributed by atoms with Crippen LogP contribution < -0.4 is 5.32 Å². The van der Waals surface area contributed by atoms with Crippen molar-refractivity contribution in [3.05, 3.63) is 0 Å². The summed E-state index contributed by atoms with van der Waals surface area (Å²) in [7, 11) is 2.44. The fraction of sp³-hybridized carbons (Fsp3) is 0.967. The lowest BCUT2D eigenvalue weighted by Gasteiger charge is -2.51. The van der Waals surface area contributed by atoms with Gasteiger partial charge in [0.15, 0.2) is 0 Å². The van der Waals surface area contributed by atoms with Crippen molar-refractivity contribution in [2.75, 3.05) is 20.1 Å². The highest BCUT2D eigenvalue weighted by Gasteiger charge is 2.51. The molecule has 3 aliphatic heterocycles. The summed E-state index contributed by atoms with van der Waals surface area (Å²) in [6, 6.07) is 2.84. The van der Waals surface area contributed by atoms with Gasteiger partial charge >= 0.3 is 0 Å². The molecular formula is C30H51N3O. The summed E-state index contributed by atoms with van der Waals surface area (Å²) in [5, 5.41) is 4.33. The Hall–Kier alpha value is -0.610. The molecule has 2 bridgehead atoms. The van der Waals surface area contributed by atoms with E-state index in [0.29, 0.717) is 18.0 Å². The van der Waals surface area contributed by atoms with Gasteiger partial charge in [0.25, 0.3) is 0 Å². The minimum atomic E-state index is 0.315. The minimum Gasteiger partial charge on any atom is -0.340 e. The third-order valence-electron chi connectivity index (χ3n) is 11.9. The monoisotopic (exact) mass is 469 g/mol. The first kappa shape index (κ1) is 23.8. The number of rotatable bonds is 2. The molecule has 34 heavy (non-hydrogen) atoms. The van der Waals surface area contributed by atoms with Crippen molar-refractivity contribution in [3.63, 3.8) is 0 Å². The summed E-state index contributed by atoms with van der Waals surface area (Å²) < 4.78 is 0. The van der Waals surface area contributed by atoms with E-state index in [2.05, 4.69) is 36.0 Å². The van der Waals surface area contributed by atoms with Crippen LogP contribution in [0.15, 0.2) is 0 Å². The molecule has 4 nitrogen and oxygen atoms in total. The van der Waals surface area contributed by atoms with E-state index in [1.807, 2.05) is 0 Å². The number of likely N-dealkylation sites (tertiary alicyclic amines) is 2. The Balaban J connectivity index is 1.16. The minimum absolute atomic E-state index is 0.315. The lowest BCUT2D eigenvalue weighted by molar-refractivity contribution is -0.137. The number of piperidine rings is 3. The number of hydrogen-bond acceptors (Lipinski definition) is 3. The molecule has 6 aliphatic rings. The second-order valence-corrected chi connectivity index (χ2v) is 14.1. The van der Waals surface area contributed by atoms with Gasteiger partial charge in [-0.2, -0.15) is 0 Å². The van der Waals surface area contributed by atoms with Crippen LogP contribution in [0.5, 0.6) is 0 Å². The normalized spacial score (nSPS) is 51.2. The molecule has 3 aliphatic carbocycles. The maximum atomic E-state index is 12.4. The van der Waals surface area contributed by atoms with Gasteiger partial charge in [-0.25, -0.2) is 0 Å². The van der Waals surface area contributed by atoms with Crippen LogP contribution in [0.25, 0.3) is 0 Å². The van der Waals surface area contributed by atoms with E-state index in [9.17, 15) is 4.79 Å². The number of nitrogens with one attached hydrogen (secondary N) is 1. The molecule has 0 spiro atoms. The van der Waals surface area contributed by atoms with Crippen LogP contribution in [0.2, 0.25) is 0 Å². The topological polar surface area (TPSA) is 35.6 Å². The quantitative estimate of drug-likeness (QED) is 0.606. The summed E-state index contributed by atoms with van der Waals surface area (Å²) in [6.07, 6.45) is 15.3. The van der Waals surface area contributed by atoms with Crippen LogP contribution in [0.1, 0.15) is 91.4 Å². The molecule has 3 heterocycles. The van der Waals surface area contributed by atoms with Crippen molar-refractivity contribution in [1.82, 2.24) is 15.1 Å². The number of fused-ring (bicyclic) bond motifs is 4. The van der Waals surface area contributed by atoms with Gasteiger partial charge in [0.05, 0.1) is 0 Å². The number of hydrogen-bond donors (Lipinski definition) is 1. The van der Waals surface area contributed by atoms with Gasteiger partial charge in [-0.15, -0.1) is 0 Å². The van der Waals surface area contributed by atoms with Crippen LogP contribution in [-0.2, 0) is 4.79 Å². The van der Waals surface area contributed by atoms with Crippen molar-refractivity contribution in [3.8, 4) is 0 Å². The highest BCUT2D eigenvalue weighted by atomic mass is 16.2. The Morgan fingerprint density at radius 3 is 2.47 bits per heavy atom. The number of amides is 1. The molecule has 192 valence electrons. The SMILES string of the molecule is CC(=O)N1CCC[C@H]2[C@@H](C[C@@H]3CC[C@@H]4[C@@H]5C[C@@H]6[C@@H](C[C@@H](C)C[C@@H]6N(C)C5)C[C@H]4N3)C[C@H](C)C[C@H]21. The molecule has 0 radical (unpaired) electrons. The Kier molecular flexibility index (Phi) is 6.54. The van der Waals surface area contributed by atoms with E-state index < -0.39 is 0 Å². The van der Waals surface area contributed by atoms with E-state index in [1.54, 1.807) is 6.92 Å². The van der Waals surface area contributed by atoms with Gasteiger partial charge in [0.2, 0.25) is 5.91 Å². The lowest BCUT2D eigenvalue weighted by Crippen LogP contribution is -2.55. The molecule has 6 fully saturated rings. The van der Waals surface area contributed by atoms with Gasteiger partial charge < -0.3 is 15.1 Å². The van der Waals surface area contributed by atoms with Crippen molar-refractivity contribution < 1.29 is 4.79 Å². The number of carbonyl (C=O) groups excluding carboxylic acids is 1. The summed E-state index contributed by atoms with van der Waals surface area (Å²) in [5.41, 5.74) is 0. The highest BCUT2D eigenvalue weighted by Crippen LogP contribution is 2.52. The molecule has 0 unspecified atom stereocenters. The summed E-state index contributed by atoms with van der Waals surface area (Å²) in [6.45, 7) is 9.11. The third-order valence-corrected chi connectivity index (χ3v) is 11.9. The summed E-state index contributed by atoms with van der Waals surface area (Å²) in [4.78, 5) is 17.4. The molecule has 3 saturated carbocycles. The second kappa shape index (κ2) is 9.36. The average Bonchev–Trinajstić information content (AvgIpc) is 2.92. The fourth-order valence-corrected chi connectivity index (χ4v) is 10.6. The molecular weight excluding hydrogens is 418 g/mol. The van der Waals surface area contributed by atoms with Crippen molar-refractivity contribution in [1.29, 1.82) is 0 Å². The fourth-order valence-electron chi connectivity index (χ4n) is 10.6. The number of carbonyl (C=O) groups is 1. The van der Waals surface area contributed by atoms with Crippen LogP contribution in [0, 0.1) is 47.3 Å². The zero-order valence-electron chi connectivity index (χ0n) is 22.4. The largest absolute Gasteiger partial charge is 0.340 e. The first-order valence-corrected chi connectivity index (χ1v) is 15.1. The predicted octanol–water partition coefficient (Wildman–Crippen LogP) is 5.17. The smallest absolute Gasteiger partial charge is 0.219 e. The molecule has 0 aromatic rings. The Morgan fingerprint density at radius 1 is 0.853 bits per heavy atom. The highest BCUT2D eigenvalue weighted by molar-refractivity contribution is 5.73. The zero-order chi connectivity index (χ0) is 23.6. The van der Waals surface area contributed by atoms with Crippen LogP contribution >= 0.6 is 0 Å². The van der Waals surface area contributed by atoms with E-state index in [1.165, 1.54) is 77.2 Å². The van der Waals surface area contributed by atoms with Gasteiger partial charge in [-0.3, -0.25) is 4.79 Å². The van der Waals surface area contributed by atoms with E-state index in [0.717, 1.165) is 66.0 Å². The first-order chi connectivity index (χ1) is 16.4. The maximum absolute atomic E-state index is 12.4. The summed E-state index contributed by atoms with van der Waals surface area (Å²) in [5.74, 6) is 7.26. The van der Waals surface area contributed by atoms with Gasteiger partial charge in [0.1, 0.15) is 0 Å². The van der Waals surface area contributed by atoms with Crippen LogP contribution in [0.4, 0.5) is 0 Å². The van der Waals surface area contributed by atoms with Crippen molar-refractivity contribution >= 4 is 5.91 Å². The average molecular weight is 470 g/mol. The van der Waals surface area contributed by atoms with Gasteiger partial charge in [-0.1, -0.05) is 13.8 Å². The third kappa shape index (κ3) is 4.27. The van der Waals surface area contributed by atoms with E-state index >= 15 is 0 Å². The molecule has 6 rings (SSSR count). The van der Waals surface area contributed by atoms with E-state index in [4.69, 9.17) is 0 Å².